The predicted molar refractivity (Wildman–Crippen MR) is 102 cm³/mol. The van der Waals surface area contributed by atoms with Gasteiger partial charge in [-0.15, -0.1) is 11.3 Å². The molecule has 4 rings (SSSR count). The first-order chi connectivity index (χ1) is 13.1. The van der Waals surface area contributed by atoms with Gasteiger partial charge in [0, 0.05) is 44.3 Å². The van der Waals surface area contributed by atoms with E-state index in [2.05, 4.69) is 20.4 Å². The van der Waals surface area contributed by atoms with E-state index in [4.69, 9.17) is 0 Å². The first-order valence-corrected chi connectivity index (χ1v) is 9.71. The molecular formula is C19H20FN5OS. The van der Waals surface area contributed by atoms with Gasteiger partial charge in [-0.3, -0.25) is 9.69 Å². The van der Waals surface area contributed by atoms with Crippen molar-refractivity contribution in [3.63, 3.8) is 0 Å². The van der Waals surface area contributed by atoms with Crippen LogP contribution >= 0.6 is 11.3 Å². The van der Waals surface area contributed by atoms with Crippen LogP contribution < -0.4 is 0 Å². The van der Waals surface area contributed by atoms with Gasteiger partial charge < -0.3 is 4.90 Å². The standard InChI is InChI=1S/C19H20FN5OS/c1-14-21-16(13-27-14)12-23-7-9-24(10-8-23)19(26)18-5-6-25(22-18)17-4-2-3-15(20)11-17/h2-6,11,13H,7-10,12H2,1H3. The number of aryl methyl sites for hydroxylation is 1. The molecule has 0 spiro atoms. The molecule has 8 heteroatoms. The van der Waals surface area contributed by atoms with Gasteiger partial charge in [-0.2, -0.15) is 5.10 Å². The van der Waals surface area contributed by atoms with Crippen LogP contribution in [0.25, 0.3) is 5.69 Å². The van der Waals surface area contributed by atoms with Crippen LogP contribution in [0, 0.1) is 12.7 Å². The Labute approximate surface area is 160 Å². The van der Waals surface area contributed by atoms with Gasteiger partial charge in [-0.05, 0) is 31.2 Å². The van der Waals surface area contributed by atoms with E-state index in [0.29, 0.717) is 24.5 Å². The zero-order chi connectivity index (χ0) is 18.8. The smallest absolute Gasteiger partial charge is 0.274 e. The molecule has 6 nitrogen and oxygen atoms in total. The summed E-state index contributed by atoms with van der Waals surface area (Å²) in [5.41, 5.74) is 2.06. The van der Waals surface area contributed by atoms with Gasteiger partial charge in [-0.25, -0.2) is 14.1 Å². The van der Waals surface area contributed by atoms with Gasteiger partial charge >= 0.3 is 0 Å². The third-order valence-corrected chi connectivity index (χ3v) is 5.41. The van der Waals surface area contributed by atoms with Crippen molar-refractivity contribution >= 4 is 17.2 Å². The first kappa shape index (κ1) is 17.8. The molecule has 1 aromatic carbocycles. The molecule has 0 N–H and O–H groups in total. The number of nitrogens with zero attached hydrogens (tertiary/aromatic N) is 5. The maximum absolute atomic E-state index is 13.4. The average Bonchev–Trinajstić information content (AvgIpc) is 3.31. The van der Waals surface area contributed by atoms with E-state index in [0.717, 1.165) is 30.3 Å². The number of carbonyl (C=O) groups is 1. The number of thiazole rings is 1. The summed E-state index contributed by atoms with van der Waals surface area (Å²) in [6.45, 7) is 5.78. The molecule has 0 radical (unpaired) electrons. The fraction of sp³-hybridized carbons (Fsp3) is 0.316. The second-order valence-corrected chi connectivity index (χ2v) is 7.61. The molecule has 1 aliphatic rings. The molecule has 3 aromatic rings. The number of hydrogen-bond donors (Lipinski definition) is 0. The number of hydrogen-bond acceptors (Lipinski definition) is 5. The number of halogens is 1. The van der Waals surface area contributed by atoms with Crippen molar-refractivity contribution in [2.45, 2.75) is 13.5 Å². The SMILES string of the molecule is Cc1nc(CN2CCN(C(=O)c3ccn(-c4cccc(F)c4)n3)CC2)cs1. The summed E-state index contributed by atoms with van der Waals surface area (Å²) in [6, 6.07) is 7.82. The van der Waals surface area contributed by atoms with Crippen molar-refractivity contribution < 1.29 is 9.18 Å². The van der Waals surface area contributed by atoms with Crippen LogP contribution in [0.4, 0.5) is 4.39 Å². The van der Waals surface area contributed by atoms with Crippen molar-refractivity contribution in [1.82, 2.24) is 24.6 Å². The Balaban J connectivity index is 1.37. The number of carbonyl (C=O) groups excluding carboxylic acids is 1. The molecule has 3 heterocycles. The summed E-state index contributed by atoms with van der Waals surface area (Å²) in [6.07, 6.45) is 1.68. The van der Waals surface area contributed by atoms with Gasteiger partial charge in [0.05, 0.1) is 16.4 Å². The van der Waals surface area contributed by atoms with Gasteiger partial charge in [0.2, 0.25) is 0 Å². The highest BCUT2D eigenvalue weighted by Gasteiger charge is 2.24. The lowest BCUT2D eigenvalue weighted by molar-refractivity contribution is 0.0621. The average molecular weight is 385 g/mol. The number of amides is 1. The highest BCUT2D eigenvalue weighted by molar-refractivity contribution is 7.09. The second-order valence-electron chi connectivity index (χ2n) is 6.55. The summed E-state index contributed by atoms with van der Waals surface area (Å²) in [5, 5.41) is 7.49. The zero-order valence-electron chi connectivity index (χ0n) is 15.0. The van der Waals surface area contributed by atoms with E-state index in [1.165, 1.54) is 16.8 Å². The van der Waals surface area contributed by atoms with Gasteiger partial charge in [0.25, 0.3) is 5.91 Å². The summed E-state index contributed by atoms with van der Waals surface area (Å²) in [7, 11) is 0. The van der Waals surface area contributed by atoms with Crippen molar-refractivity contribution in [2.75, 3.05) is 26.2 Å². The highest BCUT2D eigenvalue weighted by Crippen LogP contribution is 2.14. The van der Waals surface area contributed by atoms with Gasteiger partial charge in [-0.1, -0.05) is 6.07 Å². The maximum Gasteiger partial charge on any atom is 0.274 e. The summed E-state index contributed by atoms with van der Waals surface area (Å²) < 4.78 is 14.9. The molecule has 0 saturated carbocycles. The van der Waals surface area contributed by atoms with Crippen LogP contribution in [0.15, 0.2) is 41.9 Å². The molecule has 1 fully saturated rings. The third-order valence-electron chi connectivity index (χ3n) is 4.59. The van der Waals surface area contributed by atoms with Crippen molar-refractivity contribution in [2.24, 2.45) is 0 Å². The number of rotatable bonds is 4. The number of aromatic nitrogens is 3. The third kappa shape index (κ3) is 4.06. The van der Waals surface area contributed by atoms with E-state index in [9.17, 15) is 9.18 Å². The summed E-state index contributed by atoms with van der Waals surface area (Å²) in [4.78, 5) is 21.4. The quantitative estimate of drug-likeness (QED) is 0.693. The van der Waals surface area contributed by atoms with Crippen LogP contribution in [-0.2, 0) is 6.54 Å². The molecule has 1 aliphatic heterocycles. The van der Waals surface area contributed by atoms with Crippen LogP contribution in [0.5, 0.6) is 0 Å². The van der Waals surface area contributed by atoms with E-state index < -0.39 is 0 Å². The Kier molecular flexibility index (Phi) is 5.00. The number of benzene rings is 1. The monoisotopic (exact) mass is 385 g/mol. The molecule has 1 saturated heterocycles. The second kappa shape index (κ2) is 7.58. The lowest BCUT2D eigenvalue weighted by Gasteiger charge is -2.34. The van der Waals surface area contributed by atoms with Gasteiger partial charge in [0.15, 0.2) is 5.69 Å². The number of piperazine rings is 1. The highest BCUT2D eigenvalue weighted by atomic mass is 32.1. The lowest BCUT2D eigenvalue weighted by Crippen LogP contribution is -2.48. The van der Waals surface area contributed by atoms with E-state index in [1.54, 1.807) is 35.7 Å². The Bertz CT molecular complexity index is 945. The topological polar surface area (TPSA) is 54.3 Å². The minimum absolute atomic E-state index is 0.0886. The molecule has 1 amide bonds. The fourth-order valence-electron chi connectivity index (χ4n) is 3.18. The molecule has 2 aromatic heterocycles. The van der Waals surface area contributed by atoms with Crippen molar-refractivity contribution in [1.29, 1.82) is 0 Å². The molecule has 0 unspecified atom stereocenters. The van der Waals surface area contributed by atoms with E-state index in [1.807, 2.05) is 11.8 Å². The normalized spacial score (nSPS) is 15.3. The van der Waals surface area contributed by atoms with Crippen LogP contribution in [0.2, 0.25) is 0 Å². The molecule has 0 bridgehead atoms. The first-order valence-electron chi connectivity index (χ1n) is 8.83. The Morgan fingerprint density at radius 3 is 2.74 bits per heavy atom. The van der Waals surface area contributed by atoms with Crippen molar-refractivity contribution in [3.05, 3.63) is 64.1 Å². The molecular weight excluding hydrogens is 365 g/mol. The molecule has 27 heavy (non-hydrogen) atoms. The van der Waals surface area contributed by atoms with E-state index in [-0.39, 0.29) is 11.7 Å². The molecule has 140 valence electrons. The van der Waals surface area contributed by atoms with Gasteiger partial charge in [0.1, 0.15) is 5.82 Å². The minimum Gasteiger partial charge on any atom is -0.335 e. The lowest BCUT2D eigenvalue weighted by atomic mass is 10.2. The Morgan fingerprint density at radius 1 is 1.22 bits per heavy atom. The van der Waals surface area contributed by atoms with Crippen LogP contribution in [-0.4, -0.2) is 56.7 Å². The van der Waals surface area contributed by atoms with E-state index >= 15 is 0 Å². The molecule has 0 atom stereocenters. The predicted octanol–water partition coefficient (Wildman–Crippen LogP) is 2.73. The fourth-order valence-corrected chi connectivity index (χ4v) is 3.79. The zero-order valence-corrected chi connectivity index (χ0v) is 15.8. The van der Waals surface area contributed by atoms with Crippen LogP contribution in [0.1, 0.15) is 21.2 Å². The largest absolute Gasteiger partial charge is 0.335 e. The maximum atomic E-state index is 13.4. The summed E-state index contributed by atoms with van der Waals surface area (Å²) >= 11 is 1.66. The van der Waals surface area contributed by atoms with Crippen LogP contribution in [0.3, 0.4) is 0 Å². The Hall–Kier alpha value is -2.58. The minimum atomic E-state index is -0.331. The Morgan fingerprint density at radius 2 is 2.04 bits per heavy atom. The van der Waals surface area contributed by atoms with Crippen molar-refractivity contribution in [3.8, 4) is 5.69 Å². The molecule has 0 aliphatic carbocycles. The summed E-state index contributed by atoms with van der Waals surface area (Å²) in [5.74, 6) is -0.420.